The highest BCUT2D eigenvalue weighted by molar-refractivity contribution is 5.89. The Kier molecular flexibility index (Phi) is 18.4. The largest absolute Gasteiger partial charge is 0.381 e. The summed E-state index contributed by atoms with van der Waals surface area (Å²) in [5, 5.41) is 12.6. The number of aliphatic hydroxyl groups is 1. The summed E-state index contributed by atoms with van der Waals surface area (Å²) >= 11 is 0. The number of nitrogens with two attached hydrogens (primary N) is 2. The van der Waals surface area contributed by atoms with Crippen LogP contribution < -0.4 is 16.8 Å². The molecule has 30 heavy (non-hydrogen) atoms. The zero-order valence-electron chi connectivity index (χ0n) is 19.9. The molecule has 2 rings (SSSR count). The Balaban J connectivity index is 0. The second-order valence-corrected chi connectivity index (χ2v) is 7.50. The number of nitrogens with one attached hydrogen (secondary N) is 1. The van der Waals surface area contributed by atoms with Crippen molar-refractivity contribution >= 4 is 17.7 Å². The first-order chi connectivity index (χ1) is 14.3. The Bertz CT molecular complexity index is 482. The van der Waals surface area contributed by atoms with Crippen molar-refractivity contribution < 1.29 is 19.5 Å². The lowest BCUT2D eigenvalue weighted by Crippen LogP contribution is -2.55. The molecule has 0 aromatic heterocycles. The number of amides is 3. The molecule has 1 saturated heterocycles. The van der Waals surface area contributed by atoms with Gasteiger partial charge in [0.15, 0.2) is 6.10 Å². The van der Waals surface area contributed by atoms with E-state index in [1.54, 1.807) is 0 Å². The van der Waals surface area contributed by atoms with Crippen LogP contribution in [0.15, 0.2) is 0 Å². The zero-order valence-corrected chi connectivity index (χ0v) is 19.9. The van der Waals surface area contributed by atoms with Crippen LogP contribution in [0.25, 0.3) is 0 Å². The quantitative estimate of drug-likeness (QED) is 0.489. The van der Waals surface area contributed by atoms with Crippen molar-refractivity contribution in [3.63, 3.8) is 0 Å². The van der Waals surface area contributed by atoms with E-state index in [4.69, 9.17) is 11.5 Å². The summed E-state index contributed by atoms with van der Waals surface area (Å²) in [5.74, 6) is -1.07. The summed E-state index contributed by atoms with van der Waals surface area (Å²) in [6, 6.07) is -1.29. The molecule has 0 bridgehead atoms. The topological polar surface area (TPSA) is 139 Å². The molecule has 6 N–H and O–H groups in total. The number of carbonyl (C=O) groups excluding carboxylic acids is 3. The zero-order chi connectivity index (χ0) is 23.7. The number of hydrogen-bond donors (Lipinski definition) is 4. The highest BCUT2D eigenvalue weighted by atomic mass is 16.3. The fourth-order valence-electron chi connectivity index (χ4n) is 2.91. The molecule has 0 radical (unpaired) electrons. The molecule has 1 aliphatic carbocycles. The van der Waals surface area contributed by atoms with Gasteiger partial charge in [0.25, 0.3) is 0 Å². The number of likely N-dealkylation sites (tertiary alicyclic amines) is 1. The molecule has 2 fully saturated rings. The molecule has 3 atom stereocenters. The van der Waals surface area contributed by atoms with Gasteiger partial charge in [-0.15, -0.1) is 0 Å². The predicted molar refractivity (Wildman–Crippen MR) is 122 cm³/mol. The van der Waals surface area contributed by atoms with E-state index >= 15 is 0 Å². The average Bonchev–Trinajstić information content (AvgIpc) is 3.40. The van der Waals surface area contributed by atoms with E-state index in [2.05, 4.69) is 33.0 Å². The molecule has 178 valence electrons. The molecule has 0 aromatic carbocycles. The first-order valence-electron chi connectivity index (χ1n) is 11.5. The normalized spacial score (nSPS) is 18.9. The minimum Gasteiger partial charge on any atom is -0.381 e. The van der Waals surface area contributed by atoms with E-state index in [0.717, 1.165) is 19.3 Å². The van der Waals surface area contributed by atoms with Gasteiger partial charge in [0, 0.05) is 6.54 Å². The molecule has 2 aliphatic rings. The van der Waals surface area contributed by atoms with Crippen molar-refractivity contribution in [2.75, 3.05) is 13.1 Å². The van der Waals surface area contributed by atoms with Gasteiger partial charge >= 0.3 is 0 Å². The van der Waals surface area contributed by atoms with Crippen molar-refractivity contribution in [2.24, 2.45) is 17.4 Å². The second kappa shape index (κ2) is 18.1. The number of aliphatic hydroxyl groups excluding tert-OH is 1. The van der Waals surface area contributed by atoms with E-state index in [1.807, 2.05) is 13.8 Å². The molecular weight excluding hydrogens is 384 g/mol. The van der Waals surface area contributed by atoms with Gasteiger partial charge in [0.05, 0.1) is 12.6 Å². The predicted octanol–water partition coefficient (Wildman–Crippen LogP) is 1.93. The number of carbonyl (C=O) groups is 3. The van der Waals surface area contributed by atoms with Crippen molar-refractivity contribution in [3.05, 3.63) is 0 Å². The van der Waals surface area contributed by atoms with Crippen LogP contribution in [0.4, 0.5) is 0 Å². The van der Waals surface area contributed by atoms with Gasteiger partial charge in [0.2, 0.25) is 17.7 Å². The molecule has 3 amide bonds. The molecule has 0 spiro atoms. The van der Waals surface area contributed by atoms with E-state index in [9.17, 15) is 19.5 Å². The Labute approximate surface area is 183 Å². The summed E-state index contributed by atoms with van der Waals surface area (Å²) in [5.41, 5.74) is 10.5. The van der Waals surface area contributed by atoms with Gasteiger partial charge in [0.1, 0.15) is 6.04 Å². The lowest BCUT2D eigenvalue weighted by molar-refractivity contribution is -0.139. The fourth-order valence-corrected chi connectivity index (χ4v) is 2.91. The van der Waals surface area contributed by atoms with Gasteiger partial charge in [-0.05, 0) is 25.2 Å². The number of rotatable bonds is 7. The van der Waals surface area contributed by atoms with Gasteiger partial charge in [-0.3, -0.25) is 14.4 Å². The maximum absolute atomic E-state index is 12.4. The molecule has 8 heteroatoms. The van der Waals surface area contributed by atoms with Gasteiger partial charge in [-0.2, -0.15) is 0 Å². The third-order valence-corrected chi connectivity index (χ3v) is 4.33. The number of nitrogens with zero attached hydrogens (tertiary/aromatic N) is 1. The van der Waals surface area contributed by atoms with Crippen molar-refractivity contribution in [1.29, 1.82) is 0 Å². The Hall–Kier alpha value is -1.67. The minimum atomic E-state index is -1.41. The van der Waals surface area contributed by atoms with Crippen molar-refractivity contribution in [3.8, 4) is 0 Å². The molecular formula is C22H46N4O4. The van der Waals surface area contributed by atoms with E-state index < -0.39 is 24.1 Å². The van der Waals surface area contributed by atoms with Crippen LogP contribution in [0, 0.1) is 5.92 Å². The summed E-state index contributed by atoms with van der Waals surface area (Å²) in [4.78, 5) is 36.8. The maximum atomic E-state index is 12.4. The van der Waals surface area contributed by atoms with Crippen molar-refractivity contribution in [1.82, 2.24) is 10.2 Å². The average molecular weight is 431 g/mol. The highest BCUT2D eigenvalue weighted by Crippen LogP contribution is 2.34. The second-order valence-electron chi connectivity index (χ2n) is 7.50. The molecule has 8 nitrogen and oxygen atoms in total. The van der Waals surface area contributed by atoms with E-state index in [1.165, 1.54) is 17.7 Å². The third kappa shape index (κ3) is 12.1. The SMILES string of the molecule is CC.CCC.CCC.NCC(=O)N1CCCC1C(=O)NC(CC1CC1)C(O)C(N)=O. The maximum Gasteiger partial charge on any atom is 0.248 e. The summed E-state index contributed by atoms with van der Waals surface area (Å²) in [6.45, 7) is 12.9. The number of primary amides is 1. The molecule has 1 saturated carbocycles. The fraction of sp³-hybridized carbons (Fsp3) is 0.864. The smallest absolute Gasteiger partial charge is 0.248 e. The number of hydrogen-bond acceptors (Lipinski definition) is 5. The summed E-state index contributed by atoms with van der Waals surface area (Å²) < 4.78 is 0. The molecule has 1 heterocycles. The Morgan fingerprint density at radius 2 is 1.57 bits per heavy atom. The lowest BCUT2D eigenvalue weighted by Gasteiger charge is -2.27. The first-order valence-corrected chi connectivity index (χ1v) is 11.5. The third-order valence-electron chi connectivity index (χ3n) is 4.33. The van der Waals surface area contributed by atoms with Gasteiger partial charge < -0.3 is 26.8 Å². The summed E-state index contributed by atoms with van der Waals surface area (Å²) in [6.07, 6.45) is 4.95. The van der Waals surface area contributed by atoms with Crippen LogP contribution in [0.2, 0.25) is 0 Å². The summed E-state index contributed by atoms with van der Waals surface area (Å²) in [7, 11) is 0. The van der Waals surface area contributed by atoms with Crippen LogP contribution in [0.1, 0.15) is 86.5 Å². The van der Waals surface area contributed by atoms with Crippen LogP contribution in [0.3, 0.4) is 0 Å². The highest BCUT2D eigenvalue weighted by Gasteiger charge is 2.37. The molecule has 0 aromatic rings. The lowest BCUT2D eigenvalue weighted by atomic mass is 10.0. The monoisotopic (exact) mass is 430 g/mol. The van der Waals surface area contributed by atoms with E-state index in [0.29, 0.717) is 25.3 Å². The van der Waals surface area contributed by atoms with Crippen LogP contribution in [-0.2, 0) is 14.4 Å². The minimum absolute atomic E-state index is 0.140. The standard InChI is InChI=1S/C14H24N4O4.2C3H8.C2H6/c15-7-11(19)18-5-1-2-10(18)14(22)17-9(6-8-3-4-8)12(20)13(16)21;2*1-3-2;1-2/h8-10,12,20H,1-7,15H2,(H2,16,21)(H,17,22);2*3H2,1-2H3;1-2H3. The molecule has 1 aliphatic heterocycles. The van der Waals surface area contributed by atoms with Crippen molar-refractivity contribution in [2.45, 2.75) is 105 Å². The van der Waals surface area contributed by atoms with Crippen LogP contribution >= 0.6 is 0 Å². The Morgan fingerprint density at radius 3 is 1.97 bits per heavy atom. The van der Waals surface area contributed by atoms with E-state index in [-0.39, 0.29) is 18.4 Å². The van der Waals surface area contributed by atoms with Gasteiger partial charge in [-0.1, -0.05) is 67.2 Å². The first kappa shape index (κ1) is 30.5. The van der Waals surface area contributed by atoms with Crippen LogP contribution in [0.5, 0.6) is 0 Å². The van der Waals surface area contributed by atoms with Gasteiger partial charge in [-0.25, -0.2) is 0 Å². The van der Waals surface area contributed by atoms with Crippen LogP contribution in [-0.4, -0.2) is 59.0 Å². The molecule has 3 unspecified atom stereocenters. The Morgan fingerprint density at radius 1 is 1.07 bits per heavy atom.